The highest BCUT2D eigenvalue weighted by molar-refractivity contribution is 6.09. The van der Waals surface area contributed by atoms with Gasteiger partial charge in [0, 0.05) is 48.7 Å². The van der Waals surface area contributed by atoms with Crippen molar-refractivity contribution in [2.75, 3.05) is 16.5 Å². The van der Waals surface area contributed by atoms with Gasteiger partial charge < -0.3 is 14.5 Å². The molecule has 61 heavy (non-hydrogen) atoms. The van der Waals surface area contributed by atoms with Crippen molar-refractivity contribution in [1.82, 2.24) is 9.55 Å². The standard InChI is InChI=1S/C56H58N4O/c1-36-27-39(54(3,4)5)28-37(2)53(36)38-25-26-57-52(29-38)60-48-20-13-12-19-46(48)47-24-23-45(34-51(47)60)61-44-18-16-17-42(33-44)58-35-59(50-22-15-14-21-49(50)58)43-31-40(55(6,7)8)30-41(32-43)56(9,10)11/h12-34H,35H2,1-11H3/i1D3,2D3. The molecule has 1 aliphatic rings. The second-order valence-electron chi connectivity index (χ2n) is 19.5. The lowest BCUT2D eigenvalue weighted by Crippen LogP contribution is -2.25. The van der Waals surface area contributed by atoms with Crippen LogP contribution in [0.2, 0.25) is 0 Å². The van der Waals surface area contributed by atoms with Crippen molar-refractivity contribution in [1.29, 1.82) is 0 Å². The highest BCUT2D eigenvalue weighted by Gasteiger charge is 2.30. The summed E-state index contributed by atoms with van der Waals surface area (Å²) in [6, 6.07) is 44.6. The zero-order valence-electron chi connectivity index (χ0n) is 42.7. The summed E-state index contributed by atoms with van der Waals surface area (Å²) in [5.74, 6) is 1.80. The Balaban J connectivity index is 1.10. The Bertz CT molecular complexity index is 3130. The second-order valence-corrected chi connectivity index (χ2v) is 19.5. The highest BCUT2D eigenvalue weighted by Crippen LogP contribution is 2.47. The molecular formula is C56H58N4O. The van der Waals surface area contributed by atoms with E-state index in [0.29, 0.717) is 35.1 Å². The second kappa shape index (κ2) is 14.7. The minimum absolute atomic E-state index is 0.00196. The van der Waals surface area contributed by atoms with Crippen molar-refractivity contribution in [2.45, 2.75) is 92.3 Å². The minimum Gasteiger partial charge on any atom is -0.457 e. The summed E-state index contributed by atoms with van der Waals surface area (Å²) < 4.78 is 60.3. The number of pyridine rings is 1. The first-order valence-electron chi connectivity index (χ1n) is 24.1. The molecule has 1 aliphatic heterocycles. The van der Waals surface area contributed by atoms with Gasteiger partial charge in [0.2, 0.25) is 0 Å². The summed E-state index contributed by atoms with van der Waals surface area (Å²) in [5, 5.41) is 1.97. The van der Waals surface area contributed by atoms with Crippen LogP contribution in [-0.2, 0) is 16.2 Å². The van der Waals surface area contributed by atoms with Gasteiger partial charge in [0.25, 0.3) is 0 Å². The van der Waals surface area contributed by atoms with Crippen LogP contribution in [0.3, 0.4) is 0 Å². The number of aromatic nitrogens is 2. The van der Waals surface area contributed by atoms with Crippen LogP contribution in [0.25, 0.3) is 38.8 Å². The smallest absolute Gasteiger partial charge is 0.138 e. The SMILES string of the molecule is [2H]C([2H])([2H])c1cc(C(C)(C)C)cc(C([2H])([2H])[2H])c1-c1ccnc(-n2c3ccccc3c3ccc(Oc4cccc(N5CN(c6cc(C(C)(C)C)cc(C(C)(C)C)c6)c6ccccc65)c4)cc32)c1. The van der Waals surface area contributed by atoms with E-state index in [2.05, 4.69) is 112 Å². The molecular weight excluding hydrogens is 745 g/mol. The largest absolute Gasteiger partial charge is 0.457 e. The Morgan fingerprint density at radius 3 is 1.77 bits per heavy atom. The molecule has 5 heteroatoms. The third-order valence-corrected chi connectivity index (χ3v) is 12.0. The van der Waals surface area contributed by atoms with Crippen LogP contribution >= 0.6 is 0 Å². The average Bonchev–Trinajstić information content (AvgIpc) is 3.81. The maximum atomic E-state index is 8.59. The van der Waals surface area contributed by atoms with E-state index in [1.165, 1.54) is 11.1 Å². The van der Waals surface area contributed by atoms with Crippen molar-refractivity contribution in [3.63, 3.8) is 0 Å². The zero-order chi connectivity index (χ0) is 48.0. The van der Waals surface area contributed by atoms with Crippen molar-refractivity contribution in [3.8, 4) is 28.4 Å². The maximum Gasteiger partial charge on any atom is 0.138 e. The lowest BCUT2D eigenvalue weighted by Gasteiger charge is -2.29. The molecule has 9 rings (SSSR count). The predicted molar refractivity (Wildman–Crippen MR) is 258 cm³/mol. The molecule has 0 bridgehead atoms. The van der Waals surface area contributed by atoms with Gasteiger partial charge in [-0.15, -0.1) is 0 Å². The summed E-state index contributed by atoms with van der Waals surface area (Å²) in [7, 11) is 0. The fourth-order valence-corrected chi connectivity index (χ4v) is 8.48. The summed E-state index contributed by atoms with van der Waals surface area (Å²) in [4.78, 5) is 9.56. The molecule has 0 fully saturated rings. The third kappa shape index (κ3) is 7.45. The summed E-state index contributed by atoms with van der Waals surface area (Å²) in [5.41, 5.74) is 9.48. The molecule has 0 saturated heterocycles. The monoisotopic (exact) mass is 808 g/mol. The Labute approximate surface area is 370 Å². The van der Waals surface area contributed by atoms with Gasteiger partial charge in [-0.3, -0.25) is 4.57 Å². The predicted octanol–water partition coefficient (Wildman–Crippen LogP) is 15.4. The normalized spacial score (nSPS) is 15.2. The van der Waals surface area contributed by atoms with E-state index < -0.39 is 19.1 Å². The highest BCUT2D eigenvalue weighted by atomic mass is 16.5. The van der Waals surface area contributed by atoms with E-state index >= 15 is 0 Å². The van der Waals surface area contributed by atoms with Gasteiger partial charge in [0.15, 0.2) is 0 Å². The fraction of sp³-hybridized carbons (Fsp3) is 0.268. The van der Waals surface area contributed by atoms with E-state index in [0.717, 1.165) is 44.6 Å². The molecule has 0 spiro atoms. The molecule has 5 nitrogen and oxygen atoms in total. The Hall–Kier alpha value is -6.33. The van der Waals surface area contributed by atoms with Gasteiger partial charge >= 0.3 is 0 Å². The molecule has 0 unspecified atom stereocenters. The maximum absolute atomic E-state index is 8.59. The summed E-state index contributed by atoms with van der Waals surface area (Å²) in [6.07, 6.45) is 1.61. The lowest BCUT2D eigenvalue weighted by molar-refractivity contribution is 0.483. The number of aryl methyl sites for hydroxylation is 2. The van der Waals surface area contributed by atoms with Crippen molar-refractivity contribution in [2.24, 2.45) is 0 Å². The third-order valence-electron chi connectivity index (χ3n) is 12.0. The van der Waals surface area contributed by atoms with E-state index in [1.807, 2.05) is 73.9 Å². The van der Waals surface area contributed by atoms with Gasteiger partial charge in [0.1, 0.15) is 24.0 Å². The summed E-state index contributed by atoms with van der Waals surface area (Å²) >= 11 is 0. The number of hydrogen-bond acceptors (Lipinski definition) is 4. The molecule has 2 aromatic heterocycles. The zero-order valence-corrected chi connectivity index (χ0v) is 36.7. The van der Waals surface area contributed by atoms with Gasteiger partial charge in [-0.2, -0.15) is 0 Å². The van der Waals surface area contributed by atoms with E-state index in [1.54, 1.807) is 30.5 Å². The van der Waals surface area contributed by atoms with Gasteiger partial charge in [0.05, 0.1) is 22.4 Å². The Morgan fingerprint density at radius 2 is 1.11 bits per heavy atom. The van der Waals surface area contributed by atoms with Crippen LogP contribution in [0.1, 0.15) is 98.4 Å². The lowest BCUT2D eigenvalue weighted by atomic mass is 9.80. The first-order valence-corrected chi connectivity index (χ1v) is 21.1. The number of nitrogens with zero attached hydrogens (tertiary/aromatic N) is 4. The van der Waals surface area contributed by atoms with Crippen LogP contribution in [0.15, 0.2) is 140 Å². The molecule has 0 N–H and O–H groups in total. The van der Waals surface area contributed by atoms with Crippen LogP contribution in [-0.4, -0.2) is 16.2 Å². The fourth-order valence-electron chi connectivity index (χ4n) is 8.48. The van der Waals surface area contributed by atoms with Gasteiger partial charge in [-0.25, -0.2) is 4.98 Å². The number of benzene rings is 6. The average molecular weight is 809 g/mol. The van der Waals surface area contributed by atoms with E-state index in [9.17, 15) is 0 Å². The minimum atomic E-state index is -2.58. The number of ether oxygens (including phenoxy) is 1. The number of fused-ring (bicyclic) bond motifs is 4. The molecule has 0 saturated carbocycles. The quantitative estimate of drug-likeness (QED) is 0.168. The summed E-state index contributed by atoms with van der Waals surface area (Å²) in [6.45, 7) is 14.9. The van der Waals surface area contributed by atoms with Crippen LogP contribution in [0.4, 0.5) is 22.7 Å². The van der Waals surface area contributed by atoms with Crippen LogP contribution in [0, 0.1) is 13.7 Å². The number of rotatable bonds is 6. The topological polar surface area (TPSA) is 33.5 Å². The molecule has 6 aromatic carbocycles. The molecule has 0 amide bonds. The number of para-hydroxylation sites is 3. The van der Waals surface area contributed by atoms with E-state index in [-0.39, 0.29) is 27.5 Å². The Kier molecular flexibility index (Phi) is 8.04. The first kappa shape index (κ1) is 33.4. The molecule has 0 aliphatic carbocycles. The van der Waals surface area contributed by atoms with E-state index in [4.69, 9.17) is 17.9 Å². The molecule has 0 radical (unpaired) electrons. The van der Waals surface area contributed by atoms with Crippen molar-refractivity contribution in [3.05, 3.63) is 167 Å². The van der Waals surface area contributed by atoms with Crippen LogP contribution < -0.4 is 14.5 Å². The number of anilines is 4. The first-order chi connectivity index (χ1) is 31.4. The Morgan fingerprint density at radius 1 is 0.525 bits per heavy atom. The molecule has 308 valence electrons. The van der Waals surface area contributed by atoms with Gasteiger partial charge in [-0.1, -0.05) is 117 Å². The van der Waals surface area contributed by atoms with Gasteiger partial charge in [-0.05, 0) is 136 Å². The van der Waals surface area contributed by atoms with Crippen LogP contribution in [0.5, 0.6) is 11.5 Å². The number of hydrogen-bond donors (Lipinski definition) is 0. The molecule has 3 heterocycles. The molecule has 8 aromatic rings. The van der Waals surface area contributed by atoms with Crippen molar-refractivity contribution < 1.29 is 13.0 Å². The molecule has 0 atom stereocenters. The van der Waals surface area contributed by atoms with Crippen molar-refractivity contribution >= 4 is 44.6 Å².